The maximum atomic E-state index is 10.6. The zero-order valence-corrected chi connectivity index (χ0v) is 10.1. The highest BCUT2D eigenvalue weighted by Gasteiger charge is 2.41. The molecule has 17 heavy (non-hydrogen) atoms. The summed E-state index contributed by atoms with van der Waals surface area (Å²) < 4.78 is 0. The molecule has 4 nitrogen and oxygen atoms in total. The number of anilines is 1. The van der Waals surface area contributed by atoms with Crippen molar-refractivity contribution in [1.82, 2.24) is 0 Å². The Bertz CT molecular complexity index is 414. The fraction of sp³-hybridized carbons (Fsp3) is 0.538. The Morgan fingerprint density at radius 3 is 2.82 bits per heavy atom. The summed E-state index contributed by atoms with van der Waals surface area (Å²) in [6.45, 7) is 3.13. The summed E-state index contributed by atoms with van der Waals surface area (Å²) in [6.07, 6.45) is 5.01. The maximum Gasteiger partial charge on any atom is 0.271 e. The van der Waals surface area contributed by atoms with Gasteiger partial charge in [-0.2, -0.15) is 0 Å². The van der Waals surface area contributed by atoms with Crippen LogP contribution in [-0.2, 0) is 0 Å². The molecule has 92 valence electrons. The third-order valence-corrected chi connectivity index (χ3v) is 3.46. The topological polar surface area (TPSA) is 55.2 Å². The number of nitro benzene ring substituents is 1. The minimum atomic E-state index is -0.357. The number of hydrogen-bond donors (Lipinski definition) is 1. The van der Waals surface area contributed by atoms with E-state index in [0.717, 1.165) is 12.2 Å². The van der Waals surface area contributed by atoms with E-state index in [4.69, 9.17) is 0 Å². The summed E-state index contributed by atoms with van der Waals surface area (Å²) in [5.74, 6) is 0. The molecule has 4 heteroatoms. The quantitative estimate of drug-likeness (QED) is 0.604. The highest BCUT2D eigenvalue weighted by Crippen LogP contribution is 2.49. The van der Waals surface area contributed by atoms with Crippen LogP contribution >= 0.6 is 0 Å². The van der Waals surface area contributed by atoms with Gasteiger partial charge in [-0.25, -0.2) is 0 Å². The minimum Gasteiger partial charge on any atom is -0.384 e. The first-order valence-electron chi connectivity index (χ1n) is 6.13. The molecule has 0 heterocycles. The van der Waals surface area contributed by atoms with Crippen LogP contribution in [0.2, 0.25) is 0 Å². The fourth-order valence-corrected chi connectivity index (χ4v) is 2.24. The summed E-state index contributed by atoms with van der Waals surface area (Å²) in [4.78, 5) is 10.3. The third kappa shape index (κ3) is 2.96. The monoisotopic (exact) mass is 234 g/mol. The van der Waals surface area contributed by atoms with Crippen molar-refractivity contribution in [1.29, 1.82) is 0 Å². The first-order valence-corrected chi connectivity index (χ1v) is 6.13. The van der Waals surface area contributed by atoms with E-state index in [1.807, 2.05) is 6.07 Å². The Morgan fingerprint density at radius 2 is 2.24 bits per heavy atom. The molecule has 1 aliphatic rings. The largest absolute Gasteiger partial charge is 0.384 e. The molecule has 0 saturated heterocycles. The lowest BCUT2D eigenvalue weighted by molar-refractivity contribution is -0.384. The predicted molar refractivity (Wildman–Crippen MR) is 68.2 cm³/mol. The van der Waals surface area contributed by atoms with Gasteiger partial charge in [0.2, 0.25) is 0 Å². The number of rotatable bonds is 6. The fourth-order valence-electron chi connectivity index (χ4n) is 2.24. The van der Waals surface area contributed by atoms with Crippen LogP contribution in [0.15, 0.2) is 24.3 Å². The standard InChI is InChI=1S/C13H18N2O2/c1-2-6-13(7-8-13)10-14-11-4-3-5-12(9-11)15(16)17/h3-5,9,14H,2,6-8,10H2,1H3. The molecule has 0 spiro atoms. The van der Waals surface area contributed by atoms with Crippen LogP contribution in [-0.4, -0.2) is 11.5 Å². The van der Waals surface area contributed by atoms with Gasteiger partial charge in [-0.1, -0.05) is 19.4 Å². The Labute approximate surface area is 101 Å². The van der Waals surface area contributed by atoms with Crippen molar-refractivity contribution in [3.8, 4) is 0 Å². The van der Waals surface area contributed by atoms with Crippen LogP contribution in [0.1, 0.15) is 32.6 Å². The van der Waals surface area contributed by atoms with Crippen LogP contribution in [0.4, 0.5) is 11.4 Å². The van der Waals surface area contributed by atoms with Crippen molar-refractivity contribution in [3.05, 3.63) is 34.4 Å². The highest BCUT2D eigenvalue weighted by atomic mass is 16.6. The van der Waals surface area contributed by atoms with E-state index in [9.17, 15) is 10.1 Å². The lowest BCUT2D eigenvalue weighted by Gasteiger charge is -2.15. The molecular formula is C13H18N2O2. The van der Waals surface area contributed by atoms with E-state index < -0.39 is 0 Å². The smallest absolute Gasteiger partial charge is 0.271 e. The minimum absolute atomic E-state index is 0.148. The van der Waals surface area contributed by atoms with Gasteiger partial charge in [-0.15, -0.1) is 0 Å². The van der Waals surface area contributed by atoms with Gasteiger partial charge in [0.15, 0.2) is 0 Å². The molecule has 0 bridgehead atoms. The molecule has 0 unspecified atom stereocenters. The first-order chi connectivity index (χ1) is 8.15. The van der Waals surface area contributed by atoms with Crippen molar-refractivity contribution in [2.75, 3.05) is 11.9 Å². The van der Waals surface area contributed by atoms with Crippen molar-refractivity contribution < 1.29 is 4.92 Å². The third-order valence-electron chi connectivity index (χ3n) is 3.46. The van der Waals surface area contributed by atoms with E-state index in [0.29, 0.717) is 5.41 Å². The molecule has 2 rings (SSSR count). The van der Waals surface area contributed by atoms with Gasteiger partial charge in [0.25, 0.3) is 5.69 Å². The summed E-state index contributed by atoms with van der Waals surface area (Å²) in [5.41, 5.74) is 1.45. The molecule has 1 N–H and O–H groups in total. The van der Waals surface area contributed by atoms with Gasteiger partial charge in [0.05, 0.1) is 4.92 Å². The zero-order valence-electron chi connectivity index (χ0n) is 10.1. The van der Waals surface area contributed by atoms with Crippen LogP contribution in [0.25, 0.3) is 0 Å². The second-order valence-corrected chi connectivity index (χ2v) is 4.91. The number of nitrogens with zero attached hydrogens (tertiary/aromatic N) is 1. The second kappa shape index (κ2) is 4.73. The highest BCUT2D eigenvalue weighted by molar-refractivity contribution is 5.51. The number of nitrogens with one attached hydrogen (secondary N) is 1. The van der Waals surface area contributed by atoms with Crippen molar-refractivity contribution in [2.24, 2.45) is 5.41 Å². The van der Waals surface area contributed by atoms with Gasteiger partial charge in [-0.3, -0.25) is 10.1 Å². The van der Waals surface area contributed by atoms with Crippen LogP contribution in [0, 0.1) is 15.5 Å². The van der Waals surface area contributed by atoms with Gasteiger partial charge < -0.3 is 5.32 Å². The average Bonchev–Trinajstić information content (AvgIpc) is 3.08. The molecule has 0 amide bonds. The SMILES string of the molecule is CCCC1(CNc2cccc([N+](=O)[O-])c2)CC1. The maximum absolute atomic E-state index is 10.6. The molecule has 0 atom stereocenters. The molecule has 1 fully saturated rings. The Balaban J connectivity index is 1.95. The Morgan fingerprint density at radius 1 is 1.47 bits per heavy atom. The molecule has 1 aromatic rings. The number of hydrogen-bond acceptors (Lipinski definition) is 3. The predicted octanol–water partition coefficient (Wildman–Crippen LogP) is 3.59. The summed E-state index contributed by atoms with van der Waals surface area (Å²) >= 11 is 0. The molecule has 1 saturated carbocycles. The van der Waals surface area contributed by atoms with E-state index in [1.165, 1.54) is 31.7 Å². The molecule has 0 aliphatic heterocycles. The van der Waals surface area contributed by atoms with Crippen molar-refractivity contribution in [3.63, 3.8) is 0 Å². The summed E-state index contributed by atoms with van der Waals surface area (Å²) in [5, 5.41) is 14.0. The average molecular weight is 234 g/mol. The van der Waals surface area contributed by atoms with E-state index >= 15 is 0 Å². The van der Waals surface area contributed by atoms with Crippen LogP contribution < -0.4 is 5.32 Å². The van der Waals surface area contributed by atoms with Gasteiger partial charge in [-0.05, 0) is 30.7 Å². The van der Waals surface area contributed by atoms with Gasteiger partial charge >= 0.3 is 0 Å². The van der Waals surface area contributed by atoms with Gasteiger partial charge in [0.1, 0.15) is 0 Å². The van der Waals surface area contributed by atoms with E-state index in [1.54, 1.807) is 12.1 Å². The number of non-ortho nitro benzene ring substituents is 1. The number of nitro groups is 1. The zero-order chi connectivity index (χ0) is 12.3. The molecule has 1 aliphatic carbocycles. The molecule has 0 radical (unpaired) electrons. The van der Waals surface area contributed by atoms with E-state index in [2.05, 4.69) is 12.2 Å². The first kappa shape index (κ1) is 11.9. The molecule has 0 aromatic heterocycles. The van der Waals surface area contributed by atoms with Crippen molar-refractivity contribution in [2.45, 2.75) is 32.6 Å². The second-order valence-electron chi connectivity index (χ2n) is 4.91. The molecular weight excluding hydrogens is 216 g/mol. The van der Waals surface area contributed by atoms with E-state index in [-0.39, 0.29) is 10.6 Å². The Kier molecular flexibility index (Phi) is 3.31. The summed E-state index contributed by atoms with van der Waals surface area (Å²) in [6, 6.07) is 6.72. The molecule has 1 aromatic carbocycles. The lowest BCUT2D eigenvalue weighted by atomic mass is 10.0. The summed E-state index contributed by atoms with van der Waals surface area (Å²) in [7, 11) is 0. The Hall–Kier alpha value is -1.58. The van der Waals surface area contributed by atoms with Crippen LogP contribution in [0.3, 0.4) is 0 Å². The van der Waals surface area contributed by atoms with Crippen LogP contribution in [0.5, 0.6) is 0 Å². The van der Waals surface area contributed by atoms with Crippen molar-refractivity contribution >= 4 is 11.4 Å². The normalized spacial score (nSPS) is 16.5. The number of benzene rings is 1. The lowest BCUT2D eigenvalue weighted by Crippen LogP contribution is -2.15. The van der Waals surface area contributed by atoms with Gasteiger partial charge in [0, 0.05) is 24.4 Å².